The van der Waals surface area contributed by atoms with Gasteiger partial charge in [-0.3, -0.25) is 4.98 Å². The minimum atomic E-state index is 0.0180. The van der Waals surface area contributed by atoms with E-state index in [1.54, 1.807) is 30.4 Å². The molecule has 0 atom stereocenters. The highest BCUT2D eigenvalue weighted by Crippen LogP contribution is 2.20. The van der Waals surface area contributed by atoms with Crippen LogP contribution in [0.3, 0.4) is 0 Å². The Bertz CT molecular complexity index is 732. The Morgan fingerprint density at radius 3 is 2.65 bits per heavy atom. The number of hydrogen-bond donors (Lipinski definition) is 1. The lowest BCUT2D eigenvalue weighted by Gasteiger charge is -2.35. The molecule has 2 heterocycles. The Balaban J connectivity index is 1.37. The molecule has 6 nitrogen and oxygen atoms in total. The lowest BCUT2D eigenvalue weighted by atomic mass is 10.1. The lowest BCUT2D eigenvalue weighted by molar-refractivity contribution is 0.195. The van der Waals surface area contributed by atoms with Crippen molar-refractivity contribution >= 4 is 23.6 Å². The molecule has 1 fully saturated rings. The third kappa shape index (κ3) is 4.88. The predicted octanol–water partition coefficient (Wildman–Crippen LogP) is 2.72. The zero-order valence-corrected chi connectivity index (χ0v) is 16.1. The highest BCUT2D eigenvalue weighted by molar-refractivity contribution is 7.99. The van der Waals surface area contributed by atoms with Crippen molar-refractivity contribution < 1.29 is 4.79 Å². The molecule has 1 aromatic carbocycles. The number of benzene rings is 1. The molecule has 0 spiro atoms. The van der Waals surface area contributed by atoms with Crippen LogP contribution in [0.5, 0.6) is 0 Å². The number of thioether (sulfide) groups is 1. The van der Waals surface area contributed by atoms with Gasteiger partial charge >= 0.3 is 6.03 Å². The van der Waals surface area contributed by atoms with Crippen LogP contribution in [0.4, 0.5) is 10.6 Å². The van der Waals surface area contributed by atoms with Gasteiger partial charge in [0.05, 0.1) is 6.20 Å². The van der Waals surface area contributed by atoms with Crippen LogP contribution in [0, 0.1) is 13.8 Å². The van der Waals surface area contributed by atoms with Crippen molar-refractivity contribution in [1.29, 1.82) is 0 Å². The smallest absolute Gasteiger partial charge is 0.317 e. The molecule has 0 saturated carbocycles. The van der Waals surface area contributed by atoms with E-state index in [2.05, 4.69) is 52.2 Å². The molecule has 0 radical (unpaired) electrons. The summed E-state index contributed by atoms with van der Waals surface area (Å²) in [4.78, 5) is 26.0. The lowest BCUT2D eigenvalue weighted by Crippen LogP contribution is -2.52. The van der Waals surface area contributed by atoms with E-state index in [1.165, 1.54) is 16.0 Å². The largest absolute Gasteiger partial charge is 0.352 e. The fourth-order valence-electron chi connectivity index (χ4n) is 2.84. The van der Waals surface area contributed by atoms with Crippen LogP contribution < -0.4 is 10.2 Å². The Morgan fingerprint density at radius 1 is 1.15 bits per heavy atom. The Kier molecular flexibility index (Phi) is 6.33. The number of anilines is 1. The van der Waals surface area contributed by atoms with Crippen molar-refractivity contribution in [1.82, 2.24) is 20.2 Å². The normalized spacial score (nSPS) is 14.4. The maximum Gasteiger partial charge on any atom is 0.317 e. The van der Waals surface area contributed by atoms with Crippen LogP contribution in [0.15, 0.2) is 41.7 Å². The summed E-state index contributed by atoms with van der Waals surface area (Å²) in [6.45, 7) is 7.88. The first-order chi connectivity index (χ1) is 12.6. The second-order valence-corrected chi connectivity index (χ2v) is 7.53. The topological polar surface area (TPSA) is 61.4 Å². The summed E-state index contributed by atoms with van der Waals surface area (Å²) < 4.78 is 0. The van der Waals surface area contributed by atoms with Crippen LogP contribution in [0.25, 0.3) is 0 Å². The molecule has 1 N–H and O–H groups in total. The maximum atomic E-state index is 12.3. The Morgan fingerprint density at radius 2 is 1.96 bits per heavy atom. The fourth-order valence-corrected chi connectivity index (χ4v) is 3.70. The molecule has 0 aliphatic carbocycles. The molecule has 1 aromatic heterocycles. The first-order valence-electron chi connectivity index (χ1n) is 8.87. The SMILES string of the molecule is Cc1ccc(SCCNC(=O)N2CCN(c3cnccn3)CC2)cc1C. The number of hydrogen-bond acceptors (Lipinski definition) is 5. The van der Waals surface area contributed by atoms with Crippen LogP contribution in [0.2, 0.25) is 0 Å². The quantitative estimate of drug-likeness (QED) is 0.647. The zero-order valence-electron chi connectivity index (χ0n) is 15.3. The van der Waals surface area contributed by atoms with E-state index in [-0.39, 0.29) is 6.03 Å². The van der Waals surface area contributed by atoms with Gasteiger partial charge in [0.25, 0.3) is 0 Å². The molecule has 7 heteroatoms. The highest BCUT2D eigenvalue weighted by atomic mass is 32.2. The summed E-state index contributed by atoms with van der Waals surface area (Å²) >= 11 is 1.77. The summed E-state index contributed by atoms with van der Waals surface area (Å²) in [5.41, 5.74) is 2.61. The van der Waals surface area contributed by atoms with Gasteiger partial charge in [-0.15, -0.1) is 11.8 Å². The van der Waals surface area contributed by atoms with Gasteiger partial charge in [-0.1, -0.05) is 6.07 Å². The predicted molar refractivity (Wildman–Crippen MR) is 106 cm³/mol. The van der Waals surface area contributed by atoms with Crippen molar-refractivity contribution in [3.63, 3.8) is 0 Å². The number of aryl methyl sites for hydroxylation is 2. The first kappa shape index (κ1) is 18.5. The van der Waals surface area contributed by atoms with Crippen LogP contribution in [0.1, 0.15) is 11.1 Å². The number of carbonyl (C=O) groups is 1. The van der Waals surface area contributed by atoms with Crippen molar-refractivity contribution in [2.75, 3.05) is 43.4 Å². The third-order valence-corrected chi connectivity index (χ3v) is 5.56. The molecule has 2 aromatic rings. The Labute approximate surface area is 159 Å². The number of piperazine rings is 1. The Hall–Kier alpha value is -2.28. The van der Waals surface area contributed by atoms with Gasteiger partial charge in [-0.2, -0.15) is 0 Å². The van der Waals surface area contributed by atoms with Crippen LogP contribution in [-0.4, -0.2) is 59.4 Å². The molecule has 1 aliphatic heterocycles. The highest BCUT2D eigenvalue weighted by Gasteiger charge is 2.21. The van der Waals surface area contributed by atoms with Gasteiger partial charge in [-0.25, -0.2) is 9.78 Å². The molecule has 1 aliphatic rings. The van der Waals surface area contributed by atoms with E-state index in [4.69, 9.17) is 0 Å². The van der Waals surface area contributed by atoms with E-state index in [1.807, 2.05) is 4.90 Å². The van der Waals surface area contributed by atoms with Crippen LogP contribution >= 0.6 is 11.8 Å². The molecule has 3 rings (SSSR count). The van der Waals surface area contributed by atoms with Gasteiger partial charge in [-0.05, 0) is 37.1 Å². The van der Waals surface area contributed by atoms with Crippen molar-refractivity contribution in [2.24, 2.45) is 0 Å². The second-order valence-electron chi connectivity index (χ2n) is 6.36. The zero-order chi connectivity index (χ0) is 18.4. The van der Waals surface area contributed by atoms with Crippen LogP contribution in [-0.2, 0) is 0 Å². The average Bonchev–Trinajstić information content (AvgIpc) is 2.68. The van der Waals surface area contributed by atoms with E-state index in [0.29, 0.717) is 19.6 Å². The van der Waals surface area contributed by atoms with Crippen molar-refractivity contribution in [3.8, 4) is 0 Å². The van der Waals surface area contributed by atoms with E-state index in [9.17, 15) is 4.79 Å². The molecule has 2 amide bonds. The summed E-state index contributed by atoms with van der Waals surface area (Å²) in [6, 6.07) is 6.51. The number of amides is 2. The summed E-state index contributed by atoms with van der Waals surface area (Å²) in [6.07, 6.45) is 5.13. The number of nitrogens with one attached hydrogen (secondary N) is 1. The monoisotopic (exact) mass is 371 g/mol. The van der Waals surface area contributed by atoms with Gasteiger partial charge in [0.1, 0.15) is 5.82 Å². The first-order valence-corrected chi connectivity index (χ1v) is 9.86. The van der Waals surface area contributed by atoms with Crippen molar-refractivity contribution in [3.05, 3.63) is 47.9 Å². The molecule has 138 valence electrons. The van der Waals surface area contributed by atoms with Gasteiger partial charge < -0.3 is 15.1 Å². The number of aromatic nitrogens is 2. The standard InChI is InChI=1S/C19H25N5OS/c1-15-3-4-17(13-16(15)2)26-12-7-22-19(25)24-10-8-23(9-11-24)18-14-20-5-6-21-18/h3-6,13-14H,7-12H2,1-2H3,(H,22,25). The van der Waals surface area contributed by atoms with Crippen molar-refractivity contribution in [2.45, 2.75) is 18.7 Å². The van der Waals surface area contributed by atoms with Gasteiger partial charge in [0, 0.05) is 55.8 Å². The minimum Gasteiger partial charge on any atom is -0.352 e. The fraction of sp³-hybridized carbons (Fsp3) is 0.421. The summed E-state index contributed by atoms with van der Waals surface area (Å²) in [5, 5.41) is 3.02. The van der Waals surface area contributed by atoms with E-state index in [0.717, 1.165) is 24.7 Å². The number of rotatable bonds is 5. The number of urea groups is 1. The number of nitrogens with zero attached hydrogens (tertiary/aromatic N) is 4. The molecular weight excluding hydrogens is 346 g/mol. The molecular formula is C19H25N5OS. The maximum absolute atomic E-state index is 12.3. The summed E-state index contributed by atoms with van der Waals surface area (Å²) in [7, 11) is 0. The van der Waals surface area contributed by atoms with Gasteiger partial charge in [0.15, 0.2) is 0 Å². The molecule has 0 bridgehead atoms. The molecule has 1 saturated heterocycles. The molecule has 26 heavy (non-hydrogen) atoms. The average molecular weight is 372 g/mol. The minimum absolute atomic E-state index is 0.0180. The third-order valence-electron chi connectivity index (χ3n) is 4.57. The van der Waals surface area contributed by atoms with Gasteiger partial charge in [0.2, 0.25) is 0 Å². The number of carbonyl (C=O) groups excluding carboxylic acids is 1. The second kappa shape index (κ2) is 8.89. The van der Waals surface area contributed by atoms with E-state index < -0.39 is 0 Å². The summed E-state index contributed by atoms with van der Waals surface area (Å²) in [5.74, 6) is 1.74. The van der Waals surface area contributed by atoms with E-state index >= 15 is 0 Å². The molecule has 0 unspecified atom stereocenters.